The van der Waals surface area contributed by atoms with Gasteiger partial charge in [-0.3, -0.25) is 9.20 Å². The predicted molar refractivity (Wildman–Crippen MR) is 91.4 cm³/mol. The van der Waals surface area contributed by atoms with E-state index in [-0.39, 0.29) is 23.5 Å². The number of rotatable bonds is 3. The number of fused-ring (bicyclic) bond motifs is 1. The molecule has 0 bridgehead atoms. The van der Waals surface area contributed by atoms with E-state index in [1.807, 2.05) is 0 Å². The van der Waals surface area contributed by atoms with Gasteiger partial charge < -0.3 is 9.84 Å². The molecular weight excluding hydrogens is 400 g/mol. The van der Waals surface area contributed by atoms with Gasteiger partial charge in [-0.05, 0) is 46.3 Å². The number of halogens is 2. The molecule has 1 aromatic carbocycles. The highest BCUT2D eigenvalue weighted by atomic mass is 79.9. The van der Waals surface area contributed by atoms with Crippen molar-refractivity contribution in [2.45, 2.75) is 6.61 Å². The van der Waals surface area contributed by atoms with Crippen LogP contribution in [0.25, 0.3) is 5.65 Å². The maximum absolute atomic E-state index is 12.1. The van der Waals surface area contributed by atoms with Crippen LogP contribution < -0.4 is 5.56 Å². The standard InChI is InChI=1S/C16H10BrClN2O4/c17-9-1-4-14-19-11(6-15(22)20(14)7-9)8-24-16(23)12-5-10(18)2-3-13(12)21/h1-7,21H,8H2. The van der Waals surface area contributed by atoms with Crippen LogP contribution in [0.1, 0.15) is 16.1 Å². The van der Waals surface area contributed by atoms with Crippen LogP contribution in [0.5, 0.6) is 5.75 Å². The molecule has 2 aromatic heterocycles. The van der Waals surface area contributed by atoms with Gasteiger partial charge in [-0.1, -0.05) is 11.6 Å². The van der Waals surface area contributed by atoms with Gasteiger partial charge in [-0.2, -0.15) is 0 Å². The first-order valence-electron chi connectivity index (χ1n) is 6.77. The molecule has 8 heteroatoms. The second-order valence-electron chi connectivity index (χ2n) is 4.90. The maximum atomic E-state index is 12.1. The quantitative estimate of drug-likeness (QED) is 0.672. The number of aromatic hydroxyl groups is 1. The molecule has 0 radical (unpaired) electrons. The summed E-state index contributed by atoms with van der Waals surface area (Å²) in [5.74, 6) is -0.992. The Morgan fingerprint density at radius 2 is 2.08 bits per heavy atom. The molecule has 3 rings (SSSR count). The molecule has 0 aliphatic heterocycles. The van der Waals surface area contributed by atoms with Gasteiger partial charge in [0, 0.05) is 21.8 Å². The molecular formula is C16H10BrClN2O4. The molecule has 6 nitrogen and oxygen atoms in total. The number of hydrogen-bond acceptors (Lipinski definition) is 5. The molecule has 0 fully saturated rings. The summed E-state index contributed by atoms with van der Waals surface area (Å²) in [6.07, 6.45) is 1.60. The van der Waals surface area contributed by atoms with Crippen molar-refractivity contribution in [2.75, 3.05) is 0 Å². The number of aromatic nitrogens is 2. The Morgan fingerprint density at radius 1 is 1.29 bits per heavy atom. The second-order valence-corrected chi connectivity index (χ2v) is 6.25. The van der Waals surface area contributed by atoms with Gasteiger partial charge in [0.1, 0.15) is 23.6 Å². The fraction of sp³-hybridized carbons (Fsp3) is 0.0625. The zero-order valence-electron chi connectivity index (χ0n) is 12.1. The zero-order chi connectivity index (χ0) is 17.3. The number of phenols is 1. The lowest BCUT2D eigenvalue weighted by atomic mass is 10.2. The summed E-state index contributed by atoms with van der Waals surface area (Å²) in [7, 11) is 0. The molecule has 0 spiro atoms. The highest BCUT2D eigenvalue weighted by molar-refractivity contribution is 9.10. The third-order valence-corrected chi connectivity index (χ3v) is 3.91. The maximum Gasteiger partial charge on any atom is 0.342 e. The second kappa shape index (κ2) is 6.62. The molecule has 0 saturated heterocycles. The zero-order valence-corrected chi connectivity index (χ0v) is 14.4. The number of carbonyl (C=O) groups is 1. The summed E-state index contributed by atoms with van der Waals surface area (Å²) in [5, 5.41) is 9.98. The van der Waals surface area contributed by atoms with Gasteiger partial charge in [0.25, 0.3) is 5.56 Å². The summed E-state index contributed by atoms with van der Waals surface area (Å²) in [5.41, 5.74) is 0.390. The summed E-state index contributed by atoms with van der Waals surface area (Å²) < 4.78 is 7.22. The molecule has 0 atom stereocenters. The first-order valence-corrected chi connectivity index (χ1v) is 7.94. The minimum Gasteiger partial charge on any atom is -0.507 e. The average Bonchev–Trinajstić information content (AvgIpc) is 2.55. The fourth-order valence-electron chi connectivity index (χ4n) is 2.09. The summed E-state index contributed by atoms with van der Waals surface area (Å²) in [6, 6.07) is 8.76. The van der Waals surface area contributed by atoms with E-state index >= 15 is 0 Å². The van der Waals surface area contributed by atoms with Crippen molar-refractivity contribution in [3.63, 3.8) is 0 Å². The first kappa shape index (κ1) is 16.5. The minimum absolute atomic E-state index is 0.0519. The summed E-state index contributed by atoms with van der Waals surface area (Å²) in [4.78, 5) is 28.4. The predicted octanol–water partition coefficient (Wildman–Crippen LogP) is 3.17. The number of nitrogens with zero attached hydrogens (tertiary/aromatic N) is 2. The lowest BCUT2D eigenvalue weighted by Crippen LogP contribution is -2.16. The number of benzene rings is 1. The Morgan fingerprint density at radius 3 is 2.88 bits per heavy atom. The van der Waals surface area contributed by atoms with Crippen LogP contribution in [0.4, 0.5) is 0 Å². The van der Waals surface area contributed by atoms with E-state index < -0.39 is 5.97 Å². The monoisotopic (exact) mass is 408 g/mol. The van der Waals surface area contributed by atoms with Gasteiger partial charge in [0.2, 0.25) is 0 Å². The van der Waals surface area contributed by atoms with Crippen molar-refractivity contribution >= 4 is 39.1 Å². The van der Waals surface area contributed by atoms with E-state index in [1.54, 1.807) is 18.3 Å². The third-order valence-electron chi connectivity index (χ3n) is 3.21. The van der Waals surface area contributed by atoms with Crippen LogP contribution in [0.15, 0.2) is 51.9 Å². The van der Waals surface area contributed by atoms with Crippen LogP contribution in [0, 0.1) is 0 Å². The smallest absolute Gasteiger partial charge is 0.342 e. The normalized spacial score (nSPS) is 10.8. The first-order chi connectivity index (χ1) is 11.4. The molecule has 3 aromatic rings. The van der Waals surface area contributed by atoms with Crippen LogP contribution in [-0.2, 0) is 11.3 Å². The van der Waals surface area contributed by atoms with Crippen molar-refractivity contribution in [1.82, 2.24) is 9.38 Å². The molecule has 0 aliphatic carbocycles. The number of pyridine rings is 1. The molecule has 0 saturated carbocycles. The summed E-state index contributed by atoms with van der Waals surface area (Å²) in [6.45, 7) is -0.202. The van der Waals surface area contributed by atoms with Gasteiger partial charge >= 0.3 is 5.97 Å². The Labute approximate surface area is 149 Å². The largest absolute Gasteiger partial charge is 0.507 e. The topological polar surface area (TPSA) is 80.9 Å². The van der Waals surface area contributed by atoms with Crippen molar-refractivity contribution < 1.29 is 14.6 Å². The number of ether oxygens (including phenoxy) is 1. The number of carbonyl (C=O) groups excluding carboxylic acids is 1. The van der Waals surface area contributed by atoms with E-state index in [0.29, 0.717) is 16.4 Å². The number of esters is 1. The Bertz CT molecular complexity index is 1000. The van der Waals surface area contributed by atoms with Crippen LogP contribution in [-0.4, -0.2) is 20.5 Å². The van der Waals surface area contributed by atoms with Crippen molar-refractivity contribution in [3.8, 4) is 5.75 Å². The fourth-order valence-corrected chi connectivity index (χ4v) is 2.60. The molecule has 1 N–H and O–H groups in total. The number of hydrogen-bond donors (Lipinski definition) is 1. The molecule has 0 aliphatic rings. The lowest BCUT2D eigenvalue weighted by molar-refractivity contribution is 0.0464. The van der Waals surface area contributed by atoms with Gasteiger partial charge in [-0.15, -0.1) is 0 Å². The van der Waals surface area contributed by atoms with E-state index in [2.05, 4.69) is 20.9 Å². The SMILES string of the molecule is O=C(OCc1cc(=O)n2cc(Br)ccc2n1)c1cc(Cl)ccc1O. The minimum atomic E-state index is -0.757. The molecule has 0 unspecified atom stereocenters. The Balaban J connectivity index is 1.83. The van der Waals surface area contributed by atoms with Gasteiger partial charge in [0.05, 0.1) is 5.69 Å². The van der Waals surface area contributed by atoms with E-state index in [1.165, 1.54) is 28.7 Å². The third kappa shape index (κ3) is 3.42. The van der Waals surface area contributed by atoms with E-state index in [0.717, 1.165) is 4.47 Å². The molecule has 2 heterocycles. The van der Waals surface area contributed by atoms with Gasteiger partial charge in [0.15, 0.2) is 0 Å². The van der Waals surface area contributed by atoms with Gasteiger partial charge in [-0.25, -0.2) is 9.78 Å². The van der Waals surface area contributed by atoms with Crippen molar-refractivity contribution in [3.05, 3.63) is 73.7 Å². The lowest BCUT2D eigenvalue weighted by Gasteiger charge is -2.07. The average molecular weight is 410 g/mol. The molecule has 122 valence electrons. The van der Waals surface area contributed by atoms with Crippen molar-refractivity contribution in [1.29, 1.82) is 0 Å². The Kier molecular flexibility index (Phi) is 4.55. The van der Waals surface area contributed by atoms with E-state index in [4.69, 9.17) is 16.3 Å². The highest BCUT2D eigenvalue weighted by Gasteiger charge is 2.14. The van der Waals surface area contributed by atoms with Crippen LogP contribution in [0.3, 0.4) is 0 Å². The number of phenolic OH excluding ortho intramolecular Hbond substituents is 1. The van der Waals surface area contributed by atoms with Crippen LogP contribution in [0.2, 0.25) is 5.02 Å². The van der Waals surface area contributed by atoms with E-state index in [9.17, 15) is 14.7 Å². The Hall–Kier alpha value is -2.38. The molecule has 24 heavy (non-hydrogen) atoms. The molecule has 0 amide bonds. The highest BCUT2D eigenvalue weighted by Crippen LogP contribution is 2.22. The van der Waals surface area contributed by atoms with Crippen LogP contribution >= 0.6 is 27.5 Å². The van der Waals surface area contributed by atoms with Crippen molar-refractivity contribution in [2.24, 2.45) is 0 Å². The summed E-state index contributed by atoms with van der Waals surface area (Å²) >= 11 is 9.08.